The summed E-state index contributed by atoms with van der Waals surface area (Å²) < 4.78 is 10.5. The van der Waals surface area contributed by atoms with Crippen LogP contribution in [0.15, 0.2) is 28.9 Å². The van der Waals surface area contributed by atoms with Crippen LogP contribution in [0.3, 0.4) is 0 Å². The van der Waals surface area contributed by atoms with Gasteiger partial charge in [0.05, 0.1) is 22.8 Å². The number of oxazole rings is 1. The molecule has 4 aromatic heterocycles. The lowest BCUT2D eigenvalue weighted by atomic mass is 10.3. The maximum Gasteiger partial charge on any atom is 0.220 e. The Labute approximate surface area is 138 Å². The maximum atomic E-state index is 5.15. The number of nitrogens with zero attached hydrogens (tertiary/aromatic N) is 6. The molecule has 4 heterocycles. The molecule has 0 aliphatic carbocycles. The second-order valence-corrected chi connectivity index (χ2v) is 4.98. The number of fused-ring (bicyclic) bond motifs is 2. The van der Waals surface area contributed by atoms with Gasteiger partial charge in [0.1, 0.15) is 5.52 Å². The lowest BCUT2D eigenvalue weighted by Gasteiger charge is -1.86. The zero-order valence-corrected chi connectivity index (χ0v) is 14.3. The minimum absolute atomic E-state index is 0.569. The van der Waals surface area contributed by atoms with Crippen molar-refractivity contribution in [3.8, 4) is 0 Å². The van der Waals surface area contributed by atoms with E-state index in [4.69, 9.17) is 4.42 Å². The van der Waals surface area contributed by atoms with E-state index in [1.165, 1.54) is 11.5 Å². The molecule has 0 aliphatic heterocycles. The number of aryl methyl sites for hydroxylation is 2. The van der Waals surface area contributed by atoms with E-state index in [0.717, 1.165) is 22.3 Å². The summed E-state index contributed by atoms with van der Waals surface area (Å²) >= 11 is 1.49. The summed E-state index contributed by atoms with van der Waals surface area (Å²) in [5, 5.41) is 15.2. The van der Waals surface area contributed by atoms with E-state index in [1.54, 1.807) is 25.4 Å². The van der Waals surface area contributed by atoms with Crippen molar-refractivity contribution in [2.24, 2.45) is 0 Å². The van der Waals surface area contributed by atoms with Crippen LogP contribution in [0.4, 0.5) is 0 Å². The Bertz CT molecular complexity index is 839. The molecule has 0 unspecified atom stereocenters. The topological polar surface area (TPSA) is 90.5 Å². The first-order valence-corrected chi connectivity index (χ1v) is 8.16. The highest BCUT2D eigenvalue weighted by Crippen LogP contribution is 2.18. The summed E-state index contributed by atoms with van der Waals surface area (Å²) in [7, 11) is 0. The fraction of sp³-hybridized carbons (Fsp3) is 0.333. The van der Waals surface area contributed by atoms with Gasteiger partial charge in [0.15, 0.2) is 11.5 Å². The standard InChI is InChI=1S/C7H7N3S.C6H5N3O.C2H6/c1-2-5-7-6(11-10-5)3-4-8-9-7;1-4-8-6-5(10-4)2-3-7-9-6;1-2/h3-4H,2H2,1H3;2-3H,1H3;1-2H3. The van der Waals surface area contributed by atoms with Gasteiger partial charge < -0.3 is 4.42 Å². The second kappa shape index (κ2) is 8.23. The lowest BCUT2D eigenvalue weighted by molar-refractivity contribution is 0.561. The Morgan fingerprint density at radius 3 is 2.57 bits per heavy atom. The van der Waals surface area contributed by atoms with E-state index in [2.05, 4.69) is 36.7 Å². The molecule has 0 aliphatic rings. The van der Waals surface area contributed by atoms with Crippen LogP contribution in [0.1, 0.15) is 32.4 Å². The summed E-state index contributed by atoms with van der Waals surface area (Å²) in [5.74, 6) is 0.621. The monoisotopic (exact) mass is 330 g/mol. The van der Waals surface area contributed by atoms with Gasteiger partial charge in [0.25, 0.3) is 0 Å². The third kappa shape index (κ3) is 4.04. The molecule has 0 aromatic carbocycles. The van der Waals surface area contributed by atoms with Gasteiger partial charge in [0, 0.05) is 13.0 Å². The van der Waals surface area contributed by atoms with Gasteiger partial charge >= 0.3 is 0 Å². The van der Waals surface area contributed by atoms with E-state index < -0.39 is 0 Å². The molecule has 8 heteroatoms. The van der Waals surface area contributed by atoms with Gasteiger partial charge in [-0.3, -0.25) is 0 Å². The van der Waals surface area contributed by atoms with Crippen LogP contribution in [0, 0.1) is 6.92 Å². The lowest BCUT2D eigenvalue weighted by Crippen LogP contribution is -1.83. The first kappa shape index (κ1) is 16.9. The van der Waals surface area contributed by atoms with E-state index in [9.17, 15) is 0 Å². The van der Waals surface area contributed by atoms with Crippen molar-refractivity contribution in [3.63, 3.8) is 0 Å². The zero-order chi connectivity index (χ0) is 16.7. The summed E-state index contributed by atoms with van der Waals surface area (Å²) in [5.41, 5.74) is 3.27. The Kier molecular flexibility index (Phi) is 6.04. The van der Waals surface area contributed by atoms with Gasteiger partial charge in [-0.05, 0) is 24.0 Å². The van der Waals surface area contributed by atoms with E-state index >= 15 is 0 Å². The molecular formula is C15H18N6OS. The van der Waals surface area contributed by atoms with Gasteiger partial charge in [-0.1, -0.05) is 20.8 Å². The zero-order valence-electron chi connectivity index (χ0n) is 13.5. The SMILES string of the molecule is CC.CCc1nsc2ccnnc12.Cc1nc2nnccc2o1. The Hall–Kier alpha value is -2.48. The molecule has 0 saturated heterocycles. The van der Waals surface area contributed by atoms with Gasteiger partial charge in [-0.2, -0.15) is 19.6 Å². The van der Waals surface area contributed by atoms with Crippen LogP contribution < -0.4 is 0 Å². The molecule has 0 N–H and O–H groups in total. The predicted octanol–water partition coefficient (Wildman–Crippen LogP) is 3.60. The molecule has 0 bridgehead atoms. The number of aromatic nitrogens is 6. The van der Waals surface area contributed by atoms with Gasteiger partial charge in [0.2, 0.25) is 5.65 Å². The molecule has 0 atom stereocenters. The Balaban J connectivity index is 0.000000152. The molecule has 4 aromatic rings. The molecule has 4 rings (SSSR count). The molecule has 0 fully saturated rings. The van der Waals surface area contributed by atoms with Crippen molar-refractivity contribution < 1.29 is 4.42 Å². The molecular weight excluding hydrogens is 312 g/mol. The molecule has 0 saturated carbocycles. The van der Waals surface area contributed by atoms with Crippen molar-refractivity contribution >= 4 is 33.0 Å². The first-order chi connectivity index (χ1) is 11.3. The quantitative estimate of drug-likeness (QED) is 0.526. The normalized spacial score (nSPS) is 9.91. The summed E-state index contributed by atoms with van der Waals surface area (Å²) in [4.78, 5) is 3.97. The van der Waals surface area contributed by atoms with Gasteiger partial charge in [-0.15, -0.1) is 10.2 Å². The van der Waals surface area contributed by atoms with Crippen molar-refractivity contribution in [1.82, 2.24) is 29.8 Å². The largest absolute Gasteiger partial charge is 0.439 e. The maximum absolute atomic E-state index is 5.15. The Morgan fingerprint density at radius 2 is 1.83 bits per heavy atom. The molecule has 0 spiro atoms. The summed E-state index contributed by atoms with van der Waals surface area (Å²) in [6, 6.07) is 3.68. The molecule has 0 amide bonds. The fourth-order valence-electron chi connectivity index (χ4n) is 1.77. The van der Waals surface area contributed by atoms with Crippen LogP contribution in [-0.4, -0.2) is 29.8 Å². The fourth-order valence-corrected chi connectivity index (χ4v) is 2.57. The number of hydrogen-bond acceptors (Lipinski definition) is 8. The van der Waals surface area contributed by atoms with Crippen LogP contribution >= 0.6 is 11.5 Å². The number of rotatable bonds is 1. The average Bonchev–Trinajstić information content (AvgIpc) is 3.19. The highest BCUT2D eigenvalue weighted by molar-refractivity contribution is 7.13. The Morgan fingerprint density at radius 1 is 1.09 bits per heavy atom. The van der Waals surface area contributed by atoms with E-state index in [1.807, 2.05) is 19.9 Å². The van der Waals surface area contributed by atoms with Crippen molar-refractivity contribution in [2.75, 3.05) is 0 Å². The second-order valence-electron chi connectivity index (χ2n) is 4.18. The van der Waals surface area contributed by atoms with E-state index in [-0.39, 0.29) is 0 Å². The first-order valence-electron chi connectivity index (χ1n) is 7.38. The van der Waals surface area contributed by atoms with Crippen molar-refractivity contribution in [2.45, 2.75) is 34.1 Å². The minimum atomic E-state index is 0.569. The van der Waals surface area contributed by atoms with Gasteiger partial charge in [-0.25, -0.2) is 0 Å². The van der Waals surface area contributed by atoms with Crippen LogP contribution in [-0.2, 0) is 6.42 Å². The predicted molar refractivity (Wildman–Crippen MR) is 90.3 cm³/mol. The van der Waals surface area contributed by atoms with Crippen molar-refractivity contribution in [1.29, 1.82) is 0 Å². The van der Waals surface area contributed by atoms with Crippen LogP contribution in [0.25, 0.3) is 21.4 Å². The third-order valence-electron chi connectivity index (χ3n) is 2.73. The summed E-state index contributed by atoms with van der Waals surface area (Å²) in [6.45, 7) is 7.85. The number of hydrogen-bond donors (Lipinski definition) is 0. The molecule has 0 radical (unpaired) electrons. The smallest absolute Gasteiger partial charge is 0.220 e. The highest BCUT2D eigenvalue weighted by atomic mass is 32.1. The van der Waals surface area contributed by atoms with Crippen molar-refractivity contribution in [3.05, 3.63) is 36.1 Å². The average molecular weight is 330 g/mol. The van der Waals surface area contributed by atoms with Crippen LogP contribution in [0.2, 0.25) is 0 Å². The molecule has 120 valence electrons. The minimum Gasteiger partial charge on any atom is -0.439 e. The molecule has 23 heavy (non-hydrogen) atoms. The molecule has 7 nitrogen and oxygen atoms in total. The summed E-state index contributed by atoms with van der Waals surface area (Å²) in [6.07, 6.45) is 4.20. The highest BCUT2D eigenvalue weighted by Gasteiger charge is 2.03. The van der Waals surface area contributed by atoms with E-state index in [0.29, 0.717) is 17.1 Å². The third-order valence-corrected chi connectivity index (χ3v) is 3.57. The van der Waals surface area contributed by atoms with Crippen LogP contribution in [0.5, 0.6) is 0 Å².